The van der Waals surface area contributed by atoms with E-state index in [9.17, 15) is 9.90 Å². The average molecular weight is 391 g/mol. The zero-order valence-corrected chi connectivity index (χ0v) is 18.3. The molecule has 1 aromatic rings. The largest absolute Gasteiger partial charge is 0.386 e. The average Bonchev–Trinajstić information content (AvgIpc) is 3.12. The van der Waals surface area contributed by atoms with Gasteiger partial charge in [0, 0.05) is 13.2 Å². The van der Waals surface area contributed by atoms with E-state index in [-0.39, 0.29) is 30.0 Å². The summed E-state index contributed by atoms with van der Waals surface area (Å²) in [5.74, 6) is 0.0939. The Morgan fingerprint density at radius 2 is 2.00 bits per heavy atom. The normalized spacial score (nSPS) is 23.0. The standard InChI is InChI=1S/C23H38N2O3/c1-7-15(2)18-10-8-11-19(14-18)21(26)17(4)24-23(27)16(3)22(28-6)20-12-9-13-25(20)5/h8,10-11,14-17,20-22,26H,7,9,12-13H2,1-6H3,(H,24,27)/t15?,16-,17-,20+,21-,22-/m1/s1. The molecule has 1 unspecified atom stereocenters. The molecule has 0 radical (unpaired) electrons. The number of carbonyl (C=O) groups is 1. The molecule has 158 valence electrons. The molecular weight excluding hydrogens is 352 g/mol. The fourth-order valence-corrected chi connectivity index (χ4v) is 4.20. The second-order valence-electron chi connectivity index (χ2n) is 8.40. The van der Waals surface area contributed by atoms with Crippen molar-refractivity contribution in [2.75, 3.05) is 20.7 Å². The van der Waals surface area contributed by atoms with Gasteiger partial charge >= 0.3 is 0 Å². The van der Waals surface area contributed by atoms with Crippen molar-refractivity contribution in [2.24, 2.45) is 5.92 Å². The Kier molecular flexibility index (Phi) is 8.47. The molecule has 1 aliphatic heterocycles. The number of aliphatic hydroxyl groups is 1. The minimum Gasteiger partial charge on any atom is -0.386 e. The van der Waals surface area contributed by atoms with Gasteiger partial charge < -0.3 is 20.1 Å². The van der Waals surface area contributed by atoms with E-state index in [2.05, 4.69) is 43.2 Å². The van der Waals surface area contributed by atoms with Crippen LogP contribution < -0.4 is 5.32 Å². The van der Waals surface area contributed by atoms with Crippen LogP contribution in [0.3, 0.4) is 0 Å². The summed E-state index contributed by atoms with van der Waals surface area (Å²) in [4.78, 5) is 15.1. The fraction of sp³-hybridized carbons (Fsp3) is 0.696. The van der Waals surface area contributed by atoms with Crippen LogP contribution in [0.25, 0.3) is 0 Å². The maximum atomic E-state index is 12.9. The maximum absolute atomic E-state index is 12.9. The van der Waals surface area contributed by atoms with Gasteiger partial charge in [0.2, 0.25) is 5.91 Å². The first-order valence-corrected chi connectivity index (χ1v) is 10.6. The van der Waals surface area contributed by atoms with E-state index in [0.717, 1.165) is 31.4 Å². The molecule has 5 nitrogen and oxygen atoms in total. The van der Waals surface area contributed by atoms with E-state index in [1.54, 1.807) is 7.11 Å². The Bertz CT molecular complexity index is 636. The van der Waals surface area contributed by atoms with Crippen molar-refractivity contribution in [2.45, 2.75) is 77.2 Å². The fourth-order valence-electron chi connectivity index (χ4n) is 4.20. The summed E-state index contributed by atoms with van der Waals surface area (Å²) >= 11 is 0. The maximum Gasteiger partial charge on any atom is 0.225 e. The molecule has 2 N–H and O–H groups in total. The SMILES string of the molecule is CCC(C)c1cccc([C@H](O)[C@@H](C)NC(=O)[C@H](C)[C@@H](OC)[C@@H]2CCCN2C)c1. The number of hydrogen-bond acceptors (Lipinski definition) is 4. The second kappa shape index (κ2) is 10.4. The summed E-state index contributed by atoms with van der Waals surface area (Å²) in [5, 5.41) is 13.8. The number of aliphatic hydroxyl groups excluding tert-OH is 1. The molecule has 2 rings (SSSR count). The Hall–Kier alpha value is -1.43. The number of nitrogens with zero attached hydrogens (tertiary/aromatic N) is 1. The van der Waals surface area contributed by atoms with Gasteiger partial charge in [-0.05, 0) is 56.8 Å². The smallest absolute Gasteiger partial charge is 0.225 e. The second-order valence-corrected chi connectivity index (χ2v) is 8.40. The molecule has 0 spiro atoms. The molecule has 6 atom stereocenters. The molecule has 0 aromatic heterocycles. The number of likely N-dealkylation sites (tertiary alicyclic amines) is 1. The summed E-state index contributed by atoms with van der Waals surface area (Å²) in [5.41, 5.74) is 2.06. The van der Waals surface area contributed by atoms with Crippen molar-refractivity contribution in [3.05, 3.63) is 35.4 Å². The molecule has 1 aliphatic rings. The van der Waals surface area contributed by atoms with E-state index in [1.165, 1.54) is 5.56 Å². The number of benzene rings is 1. The predicted octanol–water partition coefficient (Wildman–Crippen LogP) is 3.48. The van der Waals surface area contributed by atoms with Crippen molar-refractivity contribution in [3.63, 3.8) is 0 Å². The Balaban J connectivity index is 2.02. The lowest BCUT2D eigenvalue weighted by atomic mass is 9.93. The minimum absolute atomic E-state index is 0.0724. The Morgan fingerprint density at radius 3 is 2.57 bits per heavy atom. The first-order valence-electron chi connectivity index (χ1n) is 10.6. The lowest BCUT2D eigenvalue weighted by Gasteiger charge is -2.32. The van der Waals surface area contributed by atoms with Gasteiger partial charge in [0.1, 0.15) is 0 Å². The summed E-state index contributed by atoms with van der Waals surface area (Å²) in [6.07, 6.45) is 2.35. The predicted molar refractivity (Wildman–Crippen MR) is 113 cm³/mol. The molecule has 5 heteroatoms. The lowest BCUT2D eigenvalue weighted by molar-refractivity contribution is -0.132. The van der Waals surface area contributed by atoms with Gasteiger partial charge in [-0.1, -0.05) is 45.0 Å². The molecule has 0 aliphatic carbocycles. The van der Waals surface area contributed by atoms with Crippen molar-refractivity contribution < 1.29 is 14.6 Å². The third-order valence-electron chi connectivity index (χ3n) is 6.41. The van der Waals surface area contributed by atoms with Crippen LogP contribution in [0.5, 0.6) is 0 Å². The van der Waals surface area contributed by atoms with Crippen LogP contribution in [-0.4, -0.2) is 54.8 Å². The van der Waals surface area contributed by atoms with Crippen molar-refractivity contribution >= 4 is 5.91 Å². The minimum atomic E-state index is -0.740. The first-order chi connectivity index (χ1) is 13.3. The number of ether oxygens (including phenoxy) is 1. The molecule has 28 heavy (non-hydrogen) atoms. The van der Waals surface area contributed by atoms with Crippen molar-refractivity contribution in [1.29, 1.82) is 0 Å². The van der Waals surface area contributed by atoms with Crippen LogP contribution in [0.4, 0.5) is 0 Å². The lowest BCUT2D eigenvalue weighted by Crippen LogP contribution is -2.49. The summed E-state index contributed by atoms with van der Waals surface area (Å²) in [6.45, 7) is 9.16. The molecule has 1 fully saturated rings. The van der Waals surface area contributed by atoms with Gasteiger partial charge in [0.15, 0.2) is 0 Å². The zero-order chi connectivity index (χ0) is 20.8. The number of methoxy groups -OCH3 is 1. The number of nitrogens with one attached hydrogen (secondary N) is 1. The van der Waals surface area contributed by atoms with Crippen molar-refractivity contribution in [1.82, 2.24) is 10.2 Å². The van der Waals surface area contributed by atoms with E-state index in [1.807, 2.05) is 26.0 Å². The van der Waals surface area contributed by atoms with Crippen molar-refractivity contribution in [3.8, 4) is 0 Å². The van der Waals surface area contributed by atoms with Gasteiger partial charge in [-0.2, -0.15) is 0 Å². The third kappa shape index (κ3) is 5.34. The third-order valence-corrected chi connectivity index (χ3v) is 6.41. The van der Waals surface area contributed by atoms with Gasteiger partial charge in [-0.15, -0.1) is 0 Å². The zero-order valence-electron chi connectivity index (χ0n) is 18.3. The molecule has 0 bridgehead atoms. The summed E-state index contributed by atoms with van der Waals surface area (Å²) < 4.78 is 5.70. The molecule has 0 saturated carbocycles. The van der Waals surface area contributed by atoms with Gasteiger partial charge in [0.25, 0.3) is 0 Å². The van der Waals surface area contributed by atoms with Gasteiger partial charge in [-0.3, -0.25) is 4.79 Å². The van der Waals surface area contributed by atoms with E-state index in [4.69, 9.17) is 4.74 Å². The van der Waals surface area contributed by atoms with Crippen LogP contribution in [0.1, 0.15) is 70.1 Å². The first kappa shape index (κ1) is 22.9. The summed E-state index contributed by atoms with van der Waals surface area (Å²) in [6, 6.07) is 7.94. The van der Waals surface area contributed by atoms with E-state index >= 15 is 0 Å². The van der Waals surface area contributed by atoms with E-state index in [0.29, 0.717) is 5.92 Å². The molecule has 1 amide bonds. The van der Waals surface area contributed by atoms with Gasteiger partial charge in [-0.25, -0.2) is 0 Å². The highest BCUT2D eigenvalue weighted by Gasteiger charge is 2.36. The van der Waals surface area contributed by atoms with Crippen LogP contribution in [0.2, 0.25) is 0 Å². The number of likely N-dealkylation sites (N-methyl/N-ethyl adjacent to an activating group) is 1. The number of amides is 1. The Morgan fingerprint density at radius 1 is 1.32 bits per heavy atom. The van der Waals surface area contributed by atoms with E-state index < -0.39 is 6.10 Å². The van der Waals surface area contributed by atoms with Crippen LogP contribution >= 0.6 is 0 Å². The summed E-state index contributed by atoms with van der Waals surface area (Å²) in [7, 11) is 3.77. The molecule has 1 aromatic carbocycles. The highest BCUT2D eigenvalue weighted by molar-refractivity contribution is 5.79. The van der Waals surface area contributed by atoms with Crippen LogP contribution in [-0.2, 0) is 9.53 Å². The highest BCUT2D eigenvalue weighted by Crippen LogP contribution is 2.26. The molecule has 1 saturated heterocycles. The number of hydrogen-bond donors (Lipinski definition) is 2. The Labute approximate surface area is 170 Å². The molecular formula is C23H38N2O3. The van der Waals surface area contributed by atoms with Crippen LogP contribution in [0.15, 0.2) is 24.3 Å². The number of carbonyl (C=O) groups excluding carboxylic acids is 1. The quantitative estimate of drug-likeness (QED) is 0.678. The van der Waals surface area contributed by atoms with Crippen LogP contribution in [0, 0.1) is 5.92 Å². The highest BCUT2D eigenvalue weighted by atomic mass is 16.5. The molecule has 1 heterocycles. The van der Waals surface area contributed by atoms with Gasteiger partial charge in [0.05, 0.1) is 24.2 Å². The number of rotatable bonds is 9. The monoisotopic (exact) mass is 390 g/mol. The topological polar surface area (TPSA) is 61.8 Å².